The molecule has 1 aliphatic rings. The Bertz CT molecular complexity index is 705. The number of carbonyl (C=O) groups excluding carboxylic acids is 1. The maximum absolute atomic E-state index is 12.4. The first-order valence-electron chi connectivity index (χ1n) is 8.78. The van der Waals surface area contributed by atoms with Crippen molar-refractivity contribution in [2.75, 3.05) is 44.7 Å². The average molecular weight is 342 g/mol. The maximum atomic E-state index is 12.4. The van der Waals surface area contributed by atoms with Crippen molar-refractivity contribution in [3.05, 3.63) is 41.9 Å². The first-order chi connectivity index (χ1) is 12.1. The Morgan fingerprint density at radius 3 is 2.80 bits per heavy atom. The van der Waals surface area contributed by atoms with Crippen molar-refractivity contribution in [2.24, 2.45) is 0 Å². The van der Waals surface area contributed by atoms with Crippen LogP contribution in [-0.2, 0) is 6.54 Å². The molecule has 3 heterocycles. The average Bonchev–Trinajstić information content (AvgIpc) is 3.04. The minimum Gasteiger partial charge on any atom is -0.354 e. The Kier molecular flexibility index (Phi) is 5.65. The molecule has 0 spiro atoms. The molecule has 0 atom stereocenters. The number of nitrogens with zero attached hydrogens (tertiary/aromatic N) is 5. The molecule has 1 aliphatic heterocycles. The zero-order chi connectivity index (χ0) is 17.6. The quantitative estimate of drug-likeness (QED) is 0.798. The number of anilines is 1. The lowest BCUT2D eigenvalue weighted by Crippen LogP contribution is -2.44. The lowest BCUT2D eigenvalue weighted by molar-refractivity contribution is 0.0952. The number of rotatable bonds is 6. The van der Waals surface area contributed by atoms with Crippen LogP contribution in [0.2, 0.25) is 0 Å². The lowest BCUT2D eigenvalue weighted by atomic mass is 10.2. The smallest absolute Gasteiger partial charge is 0.251 e. The summed E-state index contributed by atoms with van der Waals surface area (Å²) in [5.74, 6) is 0.835. The molecule has 2 aromatic rings. The minimum atomic E-state index is -0.0468. The van der Waals surface area contributed by atoms with Crippen LogP contribution in [-0.4, -0.2) is 65.3 Å². The molecule has 0 aliphatic carbocycles. The third-order valence-corrected chi connectivity index (χ3v) is 4.45. The highest BCUT2D eigenvalue weighted by molar-refractivity contribution is 5.94. The predicted octanol–water partition coefficient (Wildman–Crippen LogP) is 1.16. The number of amides is 1. The molecule has 2 aromatic heterocycles. The molecule has 0 aromatic carbocycles. The van der Waals surface area contributed by atoms with E-state index in [2.05, 4.69) is 32.2 Å². The van der Waals surface area contributed by atoms with Gasteiger partial charge in [0.1, 0.15) is 5.82 Å². The molecule has 0 radical (unpaired) electrons. The third kappa shape index (κ3) is 4.79. The molecule has 25 heavy (non-hydrogen) atoms. The van der Waals surface area contributed by atoms with Gasteiger partial charge >= 0.3 is 0 Å². The minimum absolute atomic E-state index is 0.0468. The number of nitrogens with one attached hydrogen (secondary N) is 1. The van der Waals surface area contributed by atoms with Gasteiger partial charge in [-0.1, -0.05) is 0 Å². The SMILES string of the molecule is Cc1cnn(CCCNC(=O)c2ccnc(N3CCN(C)CC3)c2)c1. The van der Waals surface area contributed by atoms with Crippen LogP contribution in [0.4, 0.5) is 5.82 Å². The summed E-state index contributed by atoms with van der Waals surface area (Å²) in [7, 11) is 2.12. The topological polar surface area (TPSA) is 66.3 Å². The fraction of sp³-hybridized carbons (Fsp3) is 0.500. The second-order valence-corrected chi connectivity index (χ2v) is 6.58. The monoisotopic (exact) mass is 342 g/mol. The highest BCUT2D eigenvalue weighted by Gasteiger charge is 2.16. The molecule has 1 N–H and O–H groups in total. The molecular formula is C18H26N6O. The summed E-state index contributed by atoms with van der Waals surface area (Å²) in [6, 6.07) is 3.66. The Labute approximate surface area is 148 Å². The van der Waals surface area contributed by atoms with Crippen molar-refractivity contribution < 1.29 is 4.79 Å². The van der Waals surface area contributed by atoms with Crippen LogP contribution in [0, 0.1) is 6.92 Å². The van der Waals surface area contributed by atoms with Gasteiger partial charge in [0.2, 0.25) is 0 Å². The van der Waals surface area contributed by atoms with Gasteiger partial charge in [-0.25, -0.2) is 4.98 Å². The van der Waals surface area contributed by atoms with Crippen molar-refractivity contribution in [3.8, 4) is 0 Å². The van der Waals surface area contributed by atoms with Gasteiger partial charge in [-0.05, 0) is 38.1 Å². The number of hydrogen-bond acceptors (Lipinski definition) is 5. The molecule has 1 saturated heterocycles. The zero-order valence-corrected chi connectivity index (χ0v) is 15.0. The molecule has 0 unspecified atom stereocenters. The summed E-state index contributed by atoms with van der Waals surface area (Å²) in [5.41, 5.74) is 1.82. The van der Waals surface area contributed by atoms with Crippen molar-refractivity contribution in [1.29, 1.82) is 0 Å². The van der Waals surface area contributed by atoms with Gasteiger partial charge in [0, 0.05) is 57.2 Å². The molecule has 134 valence electrons. The van der Waals surface area contributed by atoms with Crippen LogP contribution in [0.3, 0.4) is 0 Å². The van der Waals surface area contributed by atoms with E-state index in [-0.39, 0.29) is 5.91 Å². The van der Waals surface area contributed by atoms with E-state index in [1.165, 1.54) is 0 Å². The third-order valence-electron chi connectivity index (χ3n) is 4.45. The van der Waals surface area contributed by atoms with E-state index >= 15 is 0 Å². The van der Waals surface area contributed by atoms with Crippen LogP contribution >= 0.6 is 0 Å². The highest BCUT2D eigenvalue weighted by atomic mass is 16.1. The van der Waals surface area contributed by atoms with E-state index in [1.54, 1.807) is 12.3 Å². The number of aromatic nitrogens is 3. The number of carbonyl (C=O) groups is 1. The number of hydrogen-bond donors (Lipinski definition) is 1. The van der Waals surface area contributed by atoms with Gasteiger partial charge in [-0.2, -0.15) is 5.10 Å². The van der Waals surface area contributed by atoms with Crippen LogP contribution < -0.4 is 10.2 Å². The number of pyridine rings is 1. The van der Waals surface area contributed by atoms with E-state index < -0.39 is 0 Å². The molecule has 1 fully saturated rings. The first kappa shape index (κ1) is 17.4. The summed E-state index contributed by atoms with van der Waals surface area (Å²) in [4.78, 5) is 21.3. The largest absolute Gasteiger partial charge is 0.354 e. The van der Waals surface area contributed by atoms with Gasteiger partial charge in [-0.15, -0.1) is 0 Å². The van der Waals surface area contributed by atoms with E-state index in [1.807, 2.05) is 30.1 Å². The molecule has 0 saturated carbocycles. The Balaban J connectivity index is 1.49. The van der Waals surface area contributed by atoms with Gasteiger partial charge in [0.25, 0.3) is 5.91 Å². The second kappa shape index (κ2) is 8.11. The van der Waals surface area contributed by atoms with Crippen LogP contribution in [0.15, 0.2) is 30.7 Å². The molecule has 1 amide bonds. The molecule has 0 bridgehead atoms. The van der Waals surface area contributed by atoms with Gasteiger partial charge in [0.05, 0.1) is 6.20 Å². The van der Waals surface area contributed by atoms with E-state index in [9.17, 15) is 4.79 Å². The Morgan fingerprint density at radius 2 is 2.08 bits per heavy atom. The summed E-state index contributed by atoms with van der Waals surface area (Å²) < 4.78 is 1.90. The van der Waals surface area contributed by atoms with Crippen molar-refractivity contribution in [1.82, 2.24) is 25.0 Å². The first-order valence-corrected chi connectivity index (χ1v) is 8.78. The van der Waals surface area contributed by atoms with Crippen LogP contribution in [0.5, 0.6) is 0 Å². The van der Waals surface area contributed by atoms with Crippen molar-refractivity contribution in [2.45, 2.75) is 19.9 Å². The lowest BCUT2D eigenvalue weighted by Gasteiger charge is -2.33. The van der Waals surface area contributed by atoms with Gasteiger partial charge < -0.3 is 15.1 Å². The number of aryl methyl sites for hydroxylation is 2. The molecule has 7 heteroatoms. The zero-order valence-electron chi connectivity index (χ0n) is 15.0. The highest BCUT2D eigenvalue weighted by Crippen LogP contribution is 2.14. The number of piperazine rings is 1. The van der Waals surface area contributed by atoms with Crippen LogP contribution in [0.1, 0.15) is 22.3 Å². The fourth-order valence-corrected chi connectivity index (χ4v) is 2.90. The van der Waals surface area contributed by atoms with E-state index in [0.717, 1.165) is 50.5 Å². The summed E-state index contributed by atoms with van der Waals surface area (Å²) in [6.45, 7) is 7.37. The number of likely N-dealkylation sites (N-methyl/N-ethyl adjacent to an activating group) is 1. The van der Waals surface area contributed by atoms with Gasteiger partial charge in [0.15, 0.2) is 0 Å². The Morgan fingerprint density at radius 1 is 1.28 bits per heavy atom. The molecular weight excluding hydrogens is 316 g/mol. The van der Waals surface area contributed by atoms with Gasteiger partial charge in [-0.3, -0.25) is 9.48 Å². The van der Waals surface area contributed by atoms with E-state index in [0.29, 0.717) is 12.1 Å². The molecule has 7 nitrogen and oxygen atoms in total. The van der Waals surface area contributed by atoms with Crippen LogP contribution in [0.25, 0.3) is 0 Å². The summed E-state index contributed by atoms with van der Waals surface area (Å²) in [5, 5.41) is 7.22. The normalized spacial score (nSPS) is 15.4. The maximum Gasteiger partial charge on any atom is 0.251 e. The summed E-state index contributed by atoms with van der Waals surface area (Å²) in [6.07, 6.45) is 6.42. The summed E-state index contributed by atoms with van der Waals surface area (Å²) >= 11 is 0. The Hall–Kier alpha value is -2.41. The molecule has 3 rings (SSSR count). The van der Waals surface area contributed by atoms with Crippen molar-refractivity contribution >= 4 is 11.7 Å². The second-order valence-electron chi connectivity index (χ2n) is 6.58. The fourth-order valence-electron chi connectivity index (χ4n) is 2.90. The van der Waals surface area contributed by atoms with E-state index in [4.69, 9.17) is 0 Å². The van der Waals surface area contributed by atoms with Crippen molar-refractivity contribution in [3.63, 3.8) is 0 Å². The standard InChI is InChI=1S/C18H26N6O/c1-15-13-21-24(14-15)7-3-5-20-18(25)16-4-6-19-17(12-16)23-10-8-22(2)9-11-23/h4,6,12-14H,3,5,7-11H2,1-2H3,(H,20,25). The predicted molar refractivity (Wildman–Crippen MR) is 97.9 cm³/mol.